The third kappa shape index (κ3) is 5.51. The highest BCUT2D eigenvalue weighted by molar-refractivity contribution is 7.92. The average Bonchev–Trinajstić information content (AvgIpc) is 3.37. The number of hydrogen-bond donors (Lipinski definition) is 2. The van der Waals surface area contributed by atoms with Crippen molar-refractivity contribution in [2.24, 2.45) is 0 Å². The smallest absolute Gasteiger partial charge is 0.262 e. The predicted octanol–water partition coefficient (Wildman–Crippen LogP) is 4.83. The Morgan fingerprint density at radius 2 is 1.60 bits per heavy atom. The van der Waals surface area contributed by atoms with Crippen LogP contribution < -0.4 is 24.2 Å². The number of hydrogen-bond acceptors (Lipinski definition) is 6. The lowest BCUT2D eigenvalue weighted by atomic mass is 10.2. The van der Waals surface area contributed by atoms with Crippen LogP contribution in [0.2, 0.25) is 0 Å². The second-order valence-electron chi connectivity index (χ2n) is 8.49. The standard InChI is InChI=1S/C26H26N2O6S/c29-26(27-20-4-3-7-22(16-20)34-21-5-1-2-6-21)18-8-10-19(11-9-18)28-35(30,31)23-12-13-24-25(17-23)33-15-14-32-24/h3-4,7-13,16-17,21,28H,1-2,5-6,14-15H2,(H,27,29). The molecule has 2 N–H and O–H groups in total. The van der Waals surface area contributed by atoms with Crippen molar-refractivity contribution in [3.8, 4) is 17.2 Å². The van der Waals surface area contributed by atoms with Gasteiger partial charge in [0.25, 0.3) is 15.9 Å². The number of carbonyl (C=O) groups is 1. The quantitative estimate of drug-likeness (QED) is 0.488. The zero-order valence-electron chi connectivity index (χ0n) is 19.0. The molecule has 0 bridgehead atoms. The second kappa shape index (κ2) is 9.87. The van der Waals surface area contributed by atoms with E-state index >= 15 is 0 Å². The van der Waals surface area contributed by atoms with Gasteiger partial charge in [-0.15, -0.1) is 0 Å². The first-order valence-corrected chi connectivity index (χ1v) is 13.1. The van der Waals surface area contributed by atoms with E-state index in [9.17, 15) is 13.2 Å². The molecule has 0 spiro atoms. The predicted molar refractivity (Wildman–Crippen MR) is 132 cm³/mol. The van der Waals surface area contributed by atoms with Crippen LogP contribution in [0.1, 0.15) is 36.0 Å². The molecule has 9 heteroatoms. The topological polar surface area (TPSA) is 103 Å². The number of fused-ring (bicyclic) bond motifs is 1. The van der Waals surface area contributed by atoms with Crippen molar-refractivity contribution < 1.29 is 27.4 Å². The van der Waals surface area contributed by atoms with Crippen molar-refractivity contribution in [1.82, 2.24) is 0 Å². The minimum absolute atomic E-state index is 0.0586. The van der Waals surface area contributed by atoms with E-state index in [1.54, 1.807) is 36.4 Å². The molecule has 3 aromatic rings. The second-order valence-corrected chi connectivity index (χ2v) is 10.2. The van der Waals surface area contributed by atoms with Crippen LogP contribution in [0.25, 0.3) is 0 Å². The molecule has 3 aromatic carbocycles. The summed E-state index contributed by atoms with van der Waals surface area (Å²) in [5.74, 6) is 1.34. The van der Waals surface area contributed by atoms with Crippen molar-refractivity contribution >= 4 is 27.3 Å². The van der Waals surface area contributed by atoms with E-state index in [-0.39, 0.29) is 16.9 Å². The van der Waals surface area contributed by atoms with Crippen molar-refractivity contribution in [1.29, 1.82) is 0 Å². The van der Waals surface area contributed by atoms with Gasteiger partial charge in [0.05, 0.1) is 11.0 Å². The summed E-state index contributed by atoms with van der Waals surface area (Å²) in [5, 5.41) is 2.86. The third-order valence-corrected chi connectivity index (χ3v) is 7.30. The van der Waals surface area contributed by atoms with E-state index in [1.165, 1.54) is 25.0 Å². The van der Waals surface area contributed by atoms with Gasteiger partial charge in [-0.1, -0.05) is 6.07 Å². The largest absolute Gasteiger partial charge is 0.490 e. The van der Waals surface area contributed by atoms with Gasteiger partial charge in [0.1, 0.15) is 19.0 Å². The Morgan fingerprint density at radius 3 is 2.37 bits per heavy atom. The highest BCUT2D eigenvalue weighted by atomic mass is 32.2. The first-order valence-electron chi connectivity index (χ1n) is 11.6. The molecule has 1 amide bonds. The summed E-state index contributed by atoms with van der Waals surface area (Å²) in [6.45, 7) is 0.794. The van der Waals surface area contributed by atoms with Gasteiger partial charge in [-0.25, -0.2) is 8.42 Å². The van der Waals surface area contributed by atoms with Crippen LogP contribution in [0.15, 0.2) is 71.6 Å². The van der Waals surface area contributed by atoms with Crippen LogP contribution >= 0.6 is 0 Å². The van der Waals surface area contributed by atoms with E-state index in [1.807, 2.05) is 18.2 Å². The van der Waals surface area contributed by atoms with E-state index in [0.717, 1.165) is 18.6 Å². The van der Waals surface area contributed by atoms with Crippen LogP contribution in [0.5, 0.6) is 17.2 Å². The van der Waals surface area contributed by atoms with Crippen molar-refractivity contribution in [2.45, 2.75) is 36.7 Å². The Balaban J connectivity index is 1.23. The van der Waals surface area contributed by atoms with E-state index < -0.39 is 10.0 Å². The SMILES string of the molecule is O=C(Nc1cccc(OC2CCCC2)c1)c1ccc(NS(=O)(=O)c2ccc3c(c2)OCCO3)cc1. The molecule has 2 aliphatic rings. The van der Waals surface area contributed by atoms with Crippen LogP contribution in [-0.2, 0) is 10.0 Å². The molecule has 0 unspecified atom stereocenters. The molecule has 0 atom stereocenters. The number of rotatable bonds is 7. The Kier molecular flexibility index (Phi) is 6.50. The number of sulfonamides is 1. The highest BCUT2D eigenvalue weighted by Crippen LogP contribution is 2.33. The molecule has 1 fully saturated rings. The fourth-order valence-electron chi connectivity index (χ4n) is 4.14. The summed E-state index contributed by atoms with van der Waals surface area (Å²) >= 11 is 0. The Hall–Kier alpha value is -3.72. The van der Waals surface area contributed by atoms with Gasteiger partial charge in [0, 0.05) is 29.1 Å². The van der Waals surface area contributed by atoms with Gasteiger partial charge < -0.3 is 19.5 Å². The fourth-order valence-corrected chi connectivity index (χ4v) is 5.22. The van der Waals surface area contributed by atoms with Crippen LogP contribution in [-0.4, -0.2) is 33.6 Å². The van der Waals surface area contributed by atoms with E-state index in [4.69, 9.17) is 14.2 Å². The molecular weight excluding hydrogens is 468 g/mol. The van der Waals surface area contributed by atoms with Crippen LogP contribution in [0, 0.1) is 0 Å². The zero-order chi connectivity index (χ0) is 24.3. The molecule has 0 radical (unpaired) electrons. The number of benzene rings is 3. The van der Waals surface area contributed by atoms with Gasteiger partial charge in [-0.2, -0.15) is 0 Å². The molecule has 1 heterocycles. The molecule has 0 aromatic heterocycles. The number of anilines is 2. The molecule has 1 aliphatic heterocycles. The molecule has 5 rings (SSSR count). The summed E-state index contributed by atoms with van der Waals surface area (Å²) in [6.07, 6.45) is 4.72. The van der Waals surface area contributed by atoms with Gasteiger partial charge in [0.15, 0.2) is 11.5 Å². The van der Waals surface area contributed by atoms with Gasteiger partial charge in [0.2, 0.25) is 0 Å². The first-order chi connectivity index (χ1) is 17.0. The van der Waals surface area contributed by atoms with Gasteiger partial charge in [-0.3, -0.25) is 9.52 Å². The van der Waals surface area contributed by atoms with Gasteiger partial charge in [-0.05, 0) is 74.2 Å². The number of carbonyl (C=O) groups excluding carboxylic acids is 1. The molecule has 1 saturated carbocycles. The maximum absolute atomic E-state index is 12.8. The van der Waals surface area contributed by atoms with Crippen molar-refractivity contribution in [3.63, 3.8) is 0 Å². The first kappa shape index (κ1) is 23.0. The molecule has 182 valence electrons. The number of ether oxygens (including phenoxy) is 3. The summed E-state index contributed by atoms with van der Waals surface area (Å²) < 4.78 is 45.0. The lowest BCUT2D eigenvalue weighted by molar-refractivity contribution is 0.102. The molecule has 35 heavy (non-hydrogen) atoms. The summed E-state index contributed by atoms with van der Waals surface area (Å²) in [7, 11) is -3.84. The lowest BCUT2D eigenvalue weighted by Crippen LogP contribution is -2.17. The van der Waals surface area contributed by atoms with E-state index in [0.29, 0.717) is 41.7 Å². The zero-order valence-corrected chi connectivity index (χ0v) is 19.8. The Morgan fingerprint density at radius 1 is 0.857 bits per heavy atom. The van der Waals surface area contributed by atoms with Crippen molar-refractivity contribution in [2.75, 3.05) is 23.3 Å². The van der Waals surface area contributed by atoms with Crippen LogP contribution in [0.4, 0.5) is 11.4 Å². The third-order valence-electron chi connectivity index (χ3n) is 5.92. The summed E-state index contributed by atoms with van der Waals surface area (Å²) in [6, 6.07) is 18.0. The maximum atomic E-state index is 12.8. The molecule has 8 nitrogen and oxygen atoms in total. The monoisotopic (exact) mass is 494 g/mol. The highest BCUT2D eigenvalue weighted by Gasteiger charge is 2.20. The summed E-state index contributed by atoms with van der Waals surface area (Å²) in [4.78, 5) is 12.8. The number of nitrogens with one attached hydrogen (secondary N) is 2. The number of amides is 1. The molecule has 1 aliphatic carbocycles. The Bertz CT molecular complexity index is 1320. The van der Waals surface area contributed by atoms with Crippen molar-refractivity contribution in [3.05, 3.63) is 72.3 Å². The fraction of sp³-hybridized carbons (Fsp3) is 0.269. The van der Waals surface area contributed by atoms with Gasteiger partial charge >= 0.3 is 0 Å². The summed E-state index contributed by atoms with van der Waals surface area (Å²) in [5.41, 5.74) is 1.37. The lowest BCUT2D eigenvalue weighted by Gasteiger charge is -2.19. The maximum Gasteiger partial charge on any atom is 0.262 e. The molecule has 0 saturated heterocycles. The Labute approximate surface area is 204 Å². The normalized spacial score (nSPS) is 15.4. The van der Waals surface area contributed by atoms with Crippen LogP contribution in [0.3, 0.4) is 0 Å². The average molecular weight is 495 g/mol. The van der Waals surface area contributed by atoms with E-state index in [2.05, 4.69) is 10.0 Å². The molecular formula is C26H26N2O6S. The minimum Gasteiger partial charge on any atom is -0.490 e. The minimum atomic E-state index is -3.84.